The minimum absolute atomic E-state index is 0.0203. The maximum absolute atomic E-state index is 12.4. The van der Waals surface area contributed by atoms with Crippen molar-refractivity contribution < 1.29 is 23.9 Å². The van der Waals surface area contributed by atoms with Crippen LogP contribution in [-0.4, -0.2) is 46.5 Å². The van der Waals surface area contributed by atoms with Crippen LogP contribution in [0.15, 0.2) is 24.3 Å². The summed E-state index contributed by atoms with van der Waals surface area (Å²) < 4.78 is 10.0. The number of fused-ring (bicyclic) bond motifs is 1. The van der Waals surface area contributed by atoms with Crippen LogP contribution >= 0.6 is 11.8 Å². The molecule has 2 atom stereocenters. The van der Waals surface area contributed by atoms with Crippen LogP contribution in [0, 0.1) is 0 Å². The molecule has 2 saturated heterocycles. The summed E-state index contributed by atoms with van der Waals surface area (Å²) in [4.78, 5) is 37.2. The molecule has 6 nitrogen and oxygen atoms in total. The molecule has 2 heterocycles. The Morgan fingerprint density at radius 2 is 2.04 bits per heavy atom. The number of ether oxygens (including phenoxy) is 2. The number of methoxy groups -OCH3 is 1. The molecule has 0 aliphatic carbocycles. The van der Waals surface area contributed by atoms with E-state index in [9.17, 15) is 14.4 Å². The average molecular weight is 349 g/mol. The highest BCUT2D eigenvalue weighted by Crippen LogP contribution is 2.47. The number of esters is 2. The Labute approximate surface area is 144 Å². The molecule has 1 aromatic carbocycles. The number of carbonyl (C=O) groups excluding carboxylic acids is 3. The standard InChI is InChI=1S/C17H19NO5S/c1-17-8-7-14(19)18(17)13(10-24-17)16(21)23-9-11-3-5-12(6-4-11)15(20)22-2/h3-6,13H,7-10H2,1-2H3/t13-,17+/m0/s1. The van der Waals surface area contributed by atoms with Gasteiger partial charge in [-0.05, 0) is 31.0 Å². The highest BCUT2D eigenvalue weighted by atomic mass is 32.2. The topological polar surface area (TPSA) is 72.9 Å². The normalized spacial score (nSPS) is 25.5. The summed E-state index contributed by atoms with van der Waals surface area (Å²) in [6, 6.07) is 6.18. The summed E-state index contributed by atoms with van der Waals surface area (Å²) in [7, 11) is 1.32. The lowest BCUT2D eigenvalue weighted by atomic mass is 10.1. The van der Waals surface area contributed by atoms with E-state index in [2.05, 4.69) is 4.74 Å². The molecule has 1 aromatic rings. The van der Waals surface area contributed by atoms with Crippen molar-refractivity contribution in [2.24, 2.45) is 0 Å². The molecule has 0 unspecified atom stereocenters. The summed E-state index contributed by atoms with van der Waals surface area (Å²) >= 11 is 1.64. The molecule has 0 radical (unpaired) electrons. The van der Waals surface area contributed by atoms with E-state index in [0.717, 1.165) is 12.0 Å². The first kappa shape index (κ1) is 16.8. The van der Waals surface area contributed by atoms with Crippen molar-refractivity contribution in [3.05, 3.63) is 35.4 Å². The lowest BCUT2D eigenvalue weighted by Crippen LogP contribution is -2.46. The number of rotatable bonds is 4. The van der Waals surface area contributed by atoms with Crippen molar-refractivity contribution in [3.8, 4) is 0 Å². The predicted octanol–water partition coefficient (Wildman–Crippen LogP) is 1.97. The molecule has 128 valence electrons. The lowest BCUT2D eigenvalue weighted by molar-refractivity contribution is -0.154. The molecule has 7 heteroatoms. The Bertz CT molecular complexity index is 674. The first-order valence-corrected chi connectivity index (χ1v) is 8.73. The van der Waals surface area contributed by atoms with E-state index >= 15 is 0 Å². The first-order valence-electron chi connectivity index (χ1n) is 7.74. The molecule has 0 spiro atoms. The SMILES string of the molecule is COC(=O)c1ccc(COC(=O)[C@@H]2CS[C@]3(C)CCC(=O)N23)cc1. The third kappa shape index (κ3) is 3.00. The lowest BCUT2D eigenvalue weighted by Gasteiger charge is -2.29. The van der Waals surface area contributed by atoms with E-state index in [1.165, 1.54) is 7.11 Å². The third-order valence-electron chi connectivity index (χ3n) is 4.47. The zero-order valence-corrected chi connectivity index (χ0v) is 14.4. The predicted molar refractivity (Wildman–Crippen MR) is 88.3 cm³/mol. The monoisotopic (exact) mass is 349 g/mol. The van der Waals surface area contributed by atoms with Gasteiger partial charge >= 0.3 is 11.9 Å². The average Bonchev–Trinajstić information content (AvgIpc) is 3.09. The Kier molecular flexibility index (Phi) is 4.54. The Morgan fingerprint density at radius 1 is 1.33 bits per heavy atom. The van der Waals surface area contributed by atoms with Gasteiger partial charge in [0, 0.05) is 12.2 Å². The van der Waals surface area contributed by atoms with Gasteiger partial charge in [-0.15, -0.1) is 11.8 Å². The maximum Gasteiger partial charge on any atom is 0.337 e. The van der Waals surface area contributed by atoms with E-state index in [4.69, 9.17) is 4.74 Å². The van der Waals surface area contributed by atoms with Crippen LogP contribution in [0.4, 0.5) is 0 Å². The van der Waals surface area contributed by atoms with Crippen LogP contribution in [0.3, 0.4) is 0 Å². The third-order valence-corrected chi connectivity index (χ3v) is 5.98. The molecule has 0 bridgehead atoms. The van der Waals surface area contributed by atoms with Gasteiger partial charge in [-0.25, -0.2) is 9.59 Å². The number of nitrogens with zero attached hydrogens (tertiary/aromatic N) is 1. The molecule has 0 aromatic heterocycles. The van der Waals surface area contributed by atoms with Gasteiger partial charge in [-0.2, -0.15) is 0 Å². The van der Waals surface area contributed by atoms with Crippen molar-refractivity contribution in [1.82, 2.24) is 4.90 Å². The highest BCUT2D eigenvalue weighted by molar-refractivity contribution is 8.01. The molecule has 3 rings (SSSR count). The second-order valence-corrected chi connectivity index (χ2v) is 7.56. The number of carbonyl (C=O) groups is 3. The second kappa shape index (κ2) is 6.47. The minimum Gasteiger partial charge on any atom is -0.465 e. The van der Waals surface area contributed by atoms with Crippen LogP contribution in [0.25, 0.3) is 0 Å². The molecule has 1 amide bonds. The Hall–Kier alpha value is -2.02. The van der Waals surface area contributed by atoms with Crippen LogP contribution in [0.5, 0.6) is 0 Å². The van der Waals surface area contributed by atoms with Gasteiger partial charge in [0.25, 0.3) is 0 Å². The van der Waals surface area contributed by atoms with E-state index in [1.807, 2.05) is 6.92 Å². The van der Waals surface area contributed by atoms with Crippen molar-refractivity contribution >= 4 is 29.6 Å². The molecular formula is C17H19NO5S. The fourth-order valence-electron chi connectivity index (χ4n) is 3.10. The van der Waals surface area contributed by atoms with Gasteiger partial charge in [0.15, 0.2) is 0 Å². The summed E-state index contributed by atoms with van der Waals surface area (Å²) in [5, 5.41) is 0. The van der Waals surface area contributed by atoms with Gasteiger partial charge in [-0.1, -0.05) is 12.1 Å². The van der Waals surface area contributed by atoms with Crippen LogP contribution in [-0.2, 0) is 25.7 Å². The first-order chi connectivity index (χ1) is 11.4. The fraction of sp³-hybridized carbons (Fsp3) is 0.471. The van der Waals surface area contributed by atoms with Gasteiger partial charge in [0.05, 0.1) is 17.5 Å². The second-order valence-electron chi connectivity index (χ2n) is 6.06. The van der Waals surface area contributed by atoms with E-state index in [0.29, 0.717) is 17.7 Å². The molecule has 24 heavy (non-hydrogen) atoms. The van der Waals surface area contributed by atoms with Crippen LogP contribution in [0.2, 0.25) is 0 Å². The zero-order chi connectivity index (χ0) is 17.3. The molecule has 2 aliphatic rings. The number of benzene rings is 1. The largest absolute Gasteiger partial charge is 0.465 e. The summed E-state index contributed by atoms with van der Waals surface area (Å²) in [5.41, 5.74) is 1.22. The number of hydrogen-bond acceptors (Lipinski definition) is 6. The summed E-state index contributed by atoms with van der Waals surface area (Å²) in [6.07, 6.45) is 1.26. The van der Waals surface area contributed by atoms with E-state index in [-0.39, 0.29) is 23.4 Å². The van der Waals surface area contributed by atoms with Gasteiger partial charge in [0.1, 0.15) is 12.6 Å². The van der Waals surface area contributed by atoms with Crippen molar-refractivity contribution in [2.45, 2.75) is 37.3 Å². The minimum atomic E-state index is -0.510. The fourth-order valence-corrected chi connectivity index (χ4v) is 4.52. The van der Waals surface area contributed by atoms with Crippen molar-refractivity contribution in [1.29, 1.82) is 0 Å². The highest BCUT2D eigenvalue weighted by Gasteiger charge is 2.53. The van der Waals surface area contributed by atoms with Gasteiger partial charge in [-0.3, -0.25) is 4.79 Å². The van der Waals surface area contributed by atoms with Crippen molar-refractivity contribution in [2.75, 3.05) is 12.9 Å². The molecule has 2 aliphatic heterocycles. The molecule has 2 fully saturated rings. The van der Waals surface area contributed by atoms with E-state index < -0.39 is 12.0 Å². The van der Waals surface area contributed by atoms with Gasteiger partial charge < -0.3 is 14.4 Å². The molecule has 0 saturated carbocycles. The summed E-state index contributed by atoms with van der Waals surface area (Å²) in [6.45, 7) is 2.11. The maximum atomic E-state index is 12.4. The molecule has 0 N–H and O–H groups in total. The number of hydrogen-bond donors (Lipinski definition) is 0. The molecular weight excluding hydrogens is 330 g/mol. The smallest absolute Gasteiger partial charge is 0.337 e. The van der Waals surface area contributed by atoms with Crippen LogP contribution in [0.1, 0.15) is 35.7 Å². The Morgan fingerprint density at radius 3 is 2.71 bits per heavy atom. The number of amides is 1. The van der Waals surface area contributed by atoms with Crippen LogP contribution < -0.4 is 0 Å². The number of thioether (sulfide) groups is 1. The zero-order valence-electron chi connectivity index (χ0n) is 13.6. The van der Waals surface area contributed by atoms with Crippen molar-refractivity contribution in [3.63, 3.8) is 0 Å². The van der Waals surface area contributed by atoms with E-state index in [1.54, 1.807) is 40.9 Å². The van der Waals surface area contributed by atoms with Gasteiger partial charge in [0.2, 0.25) is 5.91 Å². The Balaban J connectivity index is 1.60. The summed E-state index contributed by atoms with van der Waals surface area (Å²) in [5.74, 6) is -0.193. The quantitative estimate of drug-likeness (QED) is 0.774.